The molecule has 168 valence electrons. The van der Waals surface area contributed by atoms with E-state index >= 15 is 0 Å². The van der Waals surface area contributed by atoms with Gasteiger partial charge in [0.2, 0.25) is 5.91 Å². The number of hydrogen-bond acceptors (Lipinski definition) is 3. The maximum absolute atomic E-state index is 13.2. The Morgan fingerprint density at radius 3 is 2.23 bits per heavy atom. The van der Waals surface area contributed by atoms with Gasteiger partial charge < -0.3 is 15.0 Å². The normalized spacial score (nSPS) is 12.4. The van der Waals surface area contributed by atoms with Gasteiger partial charge in [-0.1, -0.05) is 55.8 Å². The van der Waals surface area contributed by atoms with E-state index in [0.29, 0.717) is 10.8 Å². The summed E-state index contributed by atoms with van der Waals surface area (Å²) in [5.41, 5.74) is 1.53. The van der Waals surface area contributed by atoms with E-state index in [4.69, 9.17) is 16.3 Å². The Balaban J connectivity index is 2.21. The molecule has 0 aliphatic carbocycles. The highest BCUT2D eigenvalue weighted by Crippen LogP contribution is 2.26. The minimum atomic E-state index is -0.661. The van der Waals surface area contributed by atoms with Crippen molar-refractivity contribution in [3.63, 3.8) is 0 Å². The zero-order valence-corrected chi connectivity index (χ0v) is 20.0. The minimum Gasteiger partial charge on any atom is -0.483 e. The number of hydrogen-bond donors (Lipinski definition) is 1. The molecule has 2 aromatic carbocycles. The lowest BCUT2D eigenvalue weighted by atomic mass is 10.0. The maximum Gasteiger partial charge on any atom is 0.261 e. The maximum atomic E-state index is 13.2. The number of rotatable bonds is 8. The van der Waals surface area contributed by atoms with E-state index in [9.17, 15) is 9.59 Å². The van der Waals surface area contributed by atoms with Crippen molar-refractivity contribution in [1.82, 2.24) is 10.2 Å². The van der Waals surface area contributed by atoms with Crippen molar-refractivity contribution in [2.45, 2.75) is 65.6 Å². The molecule has 1 unspecified atom stereocenters. The summed E-state index contributed by atoms with van der Waals surface area (Å²) in [7, 11) is 0. The Kier molecular flexibility index (Phi) is 8.52. The van der Waals surface area contributed by atoms with Gasteiger partial charge in [-0.3, -0.25) is 9.59 Å². The smallest absolute Gasteiger partial charge is 0.261 e. The van der Waals surface area contributed by atoms with Gasteiger partial charge in [0.05, 0.1) is 0 Å². The van der Waals surface area contributed by atoms with Gasteiger partial charge in [0, 0.05) is 17.1 Å². The first-order valence-corrected chi connectivity index (χ1v) is 10.9. The molecule has 1 atom stereocenters. The molecule has 0 saturated heterocycles. The predicted molar refractivity (Wildman–Crippen MR) is 125 cm³/mol. The topological polar surface area (TPSA) is 58.6 Å². The number of amides is 2. The lowest BCUT2D eigenvalue weighted by molar-refractivity contribution is -0.142. The van der Waals surface area contributed by atoms with Crippen molar-refractivity contribution < 1.29 is 14.3 Å². The van der Waals surface area contributed by atoms with Gasteiger partial charge in [-0.2, -0.15) is 0 Å². The summed E-state index contributed by atoms with van der Waals surface area (Å²) >= 11 is 5.99. The molecule has 5 nitrogen and oxygen atoms in total. The Morgan fingerprint density at radius 1 is 1.03 bits per heavy atom. The quantitative estimate of drug-likeness (QED) is 0.610. The first-order valence-electron chi connectivity index (χ1n) is 10.6. The average Bonchev–Trinajstić information content (AvgIpc) is 2.70. The van der Waals surface area contributed by atoms with Crippen LogP contribution in [0.2, 0.25) is 5.02 Å². The second-order valence-corrected chi connectivity index (χ2v) is 9.48. The van der Waals surface area contributed by atoms with Crippen LogP contribution in [0.15, 0.2) is 48.5 Å². The Morgan fingerprint density at radius 2 is 1.65 bits per heavy atom. The van der Waals surface area contributed by atoms with E-state index in [1.54, 1.807) is 24.0 Å². The van der Waals surface area contributed by atoms with E-state index in [0.717, 1.165) is 11.1 Å². The van der Waals surface area contributed by atoms with Crippen LogP contribution in [0, 0.1) is 0 Å². The van der Waals surface area contributed by atoms with E-state index in [2.05, 4.69) is 19.2 Å². The van der Waals surface area contributed by atoms with Crippen molar-refractivity contribution in [3.05, 3.63) is 64.7 Å². The minimum absolute atomic E-state index is 0.148. The fourth-order valence-electron chi connectivity index (χ4n) is 3.15. The second-order valence-electron chi connectivity index (χ2n) is 9.04. The number of halogens is 1. The molecule has 2 amide bonds. The van der Waals surface area contributed by atoms with Gasteiger partial charge in [0.15, 0.2) is 6.61 Å². The zero-order valence-electron chi connectivity index (χ0n) is 19.2. The molecular weight excluding hydrogens is 412 g/mol. The summed E-state index contributed by atoms with van der Waals surface area (Å²) in [4.78, 5) is 27.5. The lowest BCUT2D eigenvalue weighted by Gasteiger charge is -2.31. The van der Waals surface area contributed by atoms with Crippen molar-refractivity contribution in [2.24, 2.45) is 0 Å². The first kappa shape index (κ1) is 24.7. The van der Waals surface area contributed by atoms with Crippen LogP contribution in [-0.2, 0) is 16.1 Å². The first-order chi connectivity index (χ1) is 14.5. The second kappa shape index (κ2) is 10.7. The van der Waals surface area contributed by atoms with Crippen molar-refractivity contribution in [2.75, 3.05) is 6.61 Å². The van der Waals surface area contributed by atoms with Crippen molar-refractivity contribution >= 4 is 23.4 Å². The van der Waals surface area contributed by atoms with E-state index in [1.165, 1.54) is 0 Å². The average molecular weight is 445 g/mol. The molecule has 0 heterocycles. The molecule has 2 rings (SSSR count). The largest absolute Gasteiger partial charge is 0.483 e. The molecule has 0 aliphatic heterocycles. The number of carbonyl (C=O) groups is 2. The molecule has 0 saturated carbocycles. The molecule has 0 radical (unpaired) electrons. The van der Waals surface area contributed by atoms with E-state index < -0.39 is 11.6 Å². The Hall–Kier alpha value is -2.53. The molecule has 0 bridgehead atoms. The highest BCUT2D eigenvalue weighted by molar-refractivity contribution is 6.30. The number of nitrogens with one attached hydrogen (secondary N) is 1. The molecule has 0 spiro atoms. The predicted octanol–water partition coefficient (Wildman–Crippen LogP) is 5.17. The van der Waals surface area contributed by atoms with E-state index in [-0.39, 0.29) is 30.9 Å². The summed E-state index contributed by atoms with van der Waals surface area (Å²) in [6.45, 7) is 11.8. The molecule has 0 aromatic heterocycles. The van der Waals surface area contributed by atoms with Crippen molar-refractivity contribution in [1.29, 1.82) is 0 Å². The summed E-state index contributed by atoms with van der Waals surface area (Å²) in [5, 5.41) is 3.57. The highest BCUT2D eigenvalue weighted by atomic mass is 35.5. The fourth-order valence-corrected chi connectivity index (χ4v) is 3.28. The fraction of sp³-hybridized carbons (Fsp3) is 0.440. The van der Waals surface area contributed by atoms with Gasteiger partial charge in [-0.05, 0) is 62.9 Å². The van der Waals surface area contributed by atoms with Crippen LogP contribution in [0.25, 0.3) is 0 Å². The van der Waals surface area contributed by atoms with Gasteiger partial charge >= 0.3 is 0 Å². The van der Waals surface area contributed by atoms with Crippen molar-refractivity contribution in [3.8, 4) is 5.75 Å². The molecule has 2 aromatic rings. The molecular formula is C25H33ClN2O3. The van der Waals surface area contributed by atoms with Crippen LogP contribution >= 0.6 is 11.6 Å². The lowest BCUT2D eigenvalue weighted by Crippen LogP contribution is -2.53. The molecule has 6 heteroatoms. The third kappa shape index (κ3) is 7.59. The monoisotopic (exact) mass is 444 g/mol. The van der Waals surface area contributed by atoms with Crippen LogP contribution in [0.1, 0.15) is 58.6 Å². The number of para-hydroxylation sites is 1. The van der Waals surface area contributed by atoms with E-state index in [1.807, 2.05) is 57.2 Å². The van der Waals surface area contributed by atoms with Crippen LogP contribution in [0.5, 0.6) is 5.75 Å². The number of carbonyl (C=O) groups excluding carboxylic acids is 2. The summed E-state index contributed by atoms with van der Waals surface area (Å²) < 4.78 is 5.88. The van der Waals surface area contributed by atoms with Gasteiger partial charge in [0.25, 0.3) is 5.91 Å². The molecule has 0 aliphatic rings. The van der Waals surface area contributed by atoms with Crippen LogP contribution < -0.4 is 10.1 Å². The highest BCUT2D eigenvalue weighted by Gasteiger charge is 2.28. The van der Waals surface area contributed by atoms with Crippen LogP contribution in [0.4, 0.5) is 0 Å². The molecule has 0 fully saturated rings. The molecule has 31 heavy (non-hydrogen) atoms. The molecule has 1 N–H and O–H groups in total. The Labute approximate surface area is 190 Å². The number of nitrogens with zero attached hydrogens (tertiary/aromatic N) is 1. The SMILES string of the molecule is CC(C)c1ccccc1OCC(=O)N(Cc1ccc(Cl)cc1)C(C)C(=O)NC(C)(C)C. The third-order valence-electron chi connectivity index (χ3n) is 4.82. The van der Waals surface area contributed by atoms with Gasteiger partial charge in [0.1, 0.15) is 11.8 Å². The van der Waals surface area contributed by atoms with Crippen LogP contribution in [-0.4, -0.2) is 34.9 Å². The number of ether oxygens (including phenoxy) is 1. The van der Waals surface area contributed by atoms with Gasteiger partial charge in [-0.15, -0.1) is 0 Å². The van der Waals surface area contributed by atoms with Gasteiger partial charge in [-0.25, -0.2) is 0 Å². The Bertz CT molecular complexity index is 888. The summed E-state index contributed by atoms with van der Waals surface area (Å²) in [5.74, 6) is 0.486. The standard InChI is InChI=1S/C25H33ClN2O3/c1-17(2)21-9-7-8-10-22(21)31-16-23(29)28(15-19-11-13-20(26)14-12-19)18(3)24(30)27-25(4,5)6/h7-14,17-18H,15-16H2,1-6H3,(H,27,30). The zero-order chi connectivity index (χ0) is 23.2. The summed E-state index contributed by atoms with van der Waals surface area (Å²) in [6, 6.07) is 14.3. The third-order valence-corrected chi connectivity index (χ3v) is 5.08. The summed E-state index contributed by atoms with van der Waals surface area (Å²) in [6.07, 6.45) is 0. The number of benzene rings is 2. The van der Waals surface area contributed by atoms with Crippen LogP contribution in [0.3, 0.4) is 0 Å².